The molecule has 0 saturated carbocycles. The third-order valence-electron chi connectivity index (χ3n) is 1.51. The zero-order valence-electron chi connectivity index (χ0n) is 9.10. The van der Waals surface area contributed by atoms with Gasteiger partial charge < -0.3 is 7.96 Å². The van der Waals surface area contributed by atoms with Gasteiger partial charge in [0, 0.05) is 6.61 Å². The van der Waals surface area contributed by atoms with Crippen molar-refractivity contribution >= 4 is 37.7 Å². The van der Waals surface area contributed by atoms with E-state index in [-0.39, 0.29) is 40.6 Å². The third-order valence-corrected chi connectivity index (χ3v) is 1.51. The van der Waals surface area contributed by atoms with Crippen LogP contribution in [0.1, 0.15) is 48.3 Å². The van der Waals surface area contributed by atoms with Gasteiger partial charge in [-0.2, -0.15) is 0 Å². The van der Waals surface area contributed by atoms with E-state index in [0.29, 0.717) is 6.61 Å². The molecule has 0 unspecified atom stereocenters. The molecule has 10 heavy (non-hydrogen) atoms. The molecule has 0 aliphatic heterocycles. The first-order valence-electron chi connectivity index (χ1n) is 4.02. The second kappa shape index (κ2) is 12.9. The summed E-state index contributed by atoms with van der Waals surface area (Å²) in [5.41, 5.74) is 0. The van der Waals surface area contributed by atoms with E-state index in [4.69, 9.17) is 5.11 Å². The summed E-state index contributed by atoms with van der Waals surface area (Å²) >= 11 is 0. The van der Waals surface area contributed by atoms with Gasteiger partial charge in [-0.3, -0.25) is 0 Å². The molecule has 0 atom stereocenters. The van der Waals surface area contributed by atoms with Crippen molar-refractivity contribution in [1.29, 1.82) is 0 Å². The SMILES string of the molecule is CCCCCCCCO.[Ca+2].[H-].[H-]. The van der Waals surface area contributed by atoms with Gasteiger partial charge in [0.05, 0.1) is 0 Å². The largest absolute Gasteiger partial charge is 2.00 e. The van der Waals surface area contributed by atoms with Gasteiger partial charge in [0.25, 0.3) is 0 Å². The van der Waals surface area contributed by atoms with Crippen molar-refractivity contribution in [1.82, 2.24) is 0 Å². The molecular weight excluding hydrogens is 152 g/mol. The van der Waals surface area contributed by atoms with E-state index < -0.39 is 0 Å². The summed E-state index contributed by atoms with van der Waals surface area (Å²) in [6.45, 7) is 2.58. The zero-order valence-corrected chi connectivity index (χ0v) is 9.31. The van der Waals surface area contributed by atoms with Gasteiger partial charge in [-0.15, -0.1) is 0 Å². The minimum Gasteiger partial charge on any atom is -1.00 e. The van der Waals surface area contributed by atoms with Gasteiger partial charge >= 0.3 is 37.7 Å². The van der Waals surface area contributed by atoms with Crippen molar-refractivity contribution in [3.05, 3.63) is 0 Å². The van der Waals surface area contributed by atoms with E-state index in [0.717, 1.165) is 6.42 Å². The molecule has 1 N–H and O–H groups in total. The van der Waals surface area contributed by atoms with Crippen LogP contribution >= 0.6 is 0 Å². The van der Waals surface area contributed by atoms with Crippen LogP contribution in [0.3, 0.4) is 0 Å². The molecular formula is C8H20CaO. The summed E-state index contributed by atoms with van der Waals surface area (Å²) in [5, 5.41) is 8.42. The molecule has 60 valence electrons. The minimum atomic E-state index is 0. The molecule has 0 radical (unpaired) electrons. The average Bonchev–Trinajstić information content (AvgIpc) is 1.89. The standard InChI is InChI=1S/C8H18O.Ca.2H/c1-2-3-4-5-6-7-8-9;;;/h9H,2-8H2,1H3;;;/q;+2;2*-1. The van der Waals surface area contributed by atoms with E-state index in [1.807, 2.05) is 0 Å². The van der Waals surface area contributed by atoms with Crippen LogP contribution in [0.4, 0.5) is 0 Å². The molecule has 0 rings (SSSR count). The molecule has 0 fully saturated rings. The molecule has 1 nitrogen and oxygen atoms in total. The second-order valence-corrected chi connectivity index (χ2v) is 2.49. The van der Waals surface area contributed by atoms with Crippen molar-refractivity contribution in [3.8, 4) is 0 Å². The maximum absolute atomic E-state index is 8.42. The summed E-state index contributed by atoms with van der Waals surface area (Å²) in [6, 6.07) is 0. The maximum Gasteiger partial charge on any atom is 2.00 e. The normalized spacial score (nSPS) is 9.00. The van der Waals surface area contributed by atoms with Gasteiger partial charge in [-0.1, -0.05) is 39.0 Å². The molecule has 0 aromatic heterocycles. The van der Waals surface area contributed by atoms with Crippen LogP contribution in [0.15, 0.2) is 0 Å². The van der Waals surface area contributed by atoms with Crippen LogP contribution in [0.5, 0.6) is 0 Å². The Hall–Kier alpha value is 1.22. The molecule has 0 aromatic carbocycles. The zero-order chi connectivity index (χ0) is 6.95. The van der Waals surface area contributed by atoms with E-state index in [2.05, 4.69) is 6.92 Å². The van der Waals surface area contributed by atoms with E-state index >= 15 is 0 Å². The predicted octanol–water partition coefficient (Wildman–Crippen LogP) is 2.18. The number of aliphatic hydroxyl groups is 1. The first-order valence-corrected chi connectivity index (χ1v) is 4.02. The van der Waals surface area contributed by atoms with Crippen molar-refractivity contribution in [3.63, 3.8) is 0 Å². The summed E-state index contributed by atoms with van der Waals surface area (Å²) in [6.07, 6.45) is 7.50. The Kier molecular flexibility index (Phi) is 17.7. The molecule has 0 aliphatic rings. The van der Waals surface area contributed by atoms with E-state index in [9.17, 15) is 0 Å². The molecule has 0 saturated heterocycles. The quantitative estimate of drug-likeness (QED) is 0.481. The van der Waals surface area contributed by atoms with Crippen molar-refractivity contribution in [2.24, 2.45) is 0 Å². The fraction of sp³-hybridized carbons (Fsp3) is 1.00. The molecule has 0 heterocycles. The van der Waals surface area contributed by atoms with E-state index in [1.54, 1.807) is 0 Å². The second-order valence-electron chi connectivity index (χ2n) is 2.49. The van der Waals surface area contributed by atoms with Crippen LogP contribution in [0.2, 0.25) is 0 Å². The molecule has 0 amide bonds. The summed E-state index contributed by atoms with van der Waals surface area (Å²) < 4.78 is 0. The Morgan fingerprint density at radius 1 is 1.00 bits per heavy atom. The van der Waals surface area contributed by atoms with Gasteiger partial charge in [0.2, 0.25) is 0 Å². The third kappa shape index (κ3) is 12.0. The monoisotopic (exact) mass is 172 g/mol. The Bertz CT molecular complexity index is 50.3. The van der Waals surface area contributed by atoms with E-state index in [1.165, 1.54) is 32.1 Å². The molecule has 2 heteroatoms. The Labute approximate surface area is 97.2 Å². The predicted molar refractivity (Wildman–Crippen MR) is 48.4 cm³/mol. The molecule has 0 spiro atoms. The first-order chi connectivity index (χ1) is 4.41. The summed E-state index contributed by atoms with van der Waals surface area (Å²) in [5.74, 6) is 0. The van der Waals surface area contributed by atoms with Crippen LogP contribution in [0, 0.1) is 0 Å². The summed E-state index contributed by atoms with van der Waals surface area (Å²) in [4.78, 5) is 0. The first kappa shape index (κ1) is 13.8. The number of rotatable bonds is 6. The van der Waals surface area contributed by atoms with Gasteiger partial charge in [0.15, 0.2) is 0 Å². The van der Waals surface area contributed by atoms with Gasteiger partial charge in [0.1, 0.15) is 0 Å². The van der Waals surface area contributed by atoms with Crippen LogP contribution < -0.4 is 0 Å². The van der Waals surface area contributed by atoms with Crippen molar-refractivity contribution in [2.45, 2.75) is 45.4 Å². The summed E-state index contributed by atoms with van der Waals surface area (Å²) in [7, 11) is 0. The van der Waals surface area contributed by atoms with Gasteiger partial charge in [-0.25, -0.2) is 0 Å². The molecule has 0 bridgehead atoms. The van der Waals surface area contributed by atoms with Crippen LogP contribution in [-0.2, 0) is 0 Å². The fourth-order valence-corrected chi connectivity index (χ4v) is 0.892. The Morgan fingerprint density at radius 3 is 2.00 bits per heavy atom. The molecule has 0 aromatic rings. The Morgan fingerprint density at radius 2 is 1.50 bits per heavy atom. The van der Waals surface area contributed by atoms with Crippen molar-refractivity contribution in [2.75, 3.05) is 6.61 Å². The molecule has 0 aliphatic carbocycles. The number of unbranched alkanes of at least 4 members (excludes halogenated alkanes) is 5. The van der Waals surface area contributed by atoms with Crippen molar-refractivity contribution < 1.29 is 7.96 Å². The number of aliphatic hydroxyl groups excluding tert-OH is 1. The smallest absolute Gasteiger partial charge is 1.00 e. The average molecular weight is 172 g/mol. The minimum absolute atomic E-state index is 0. The number of hydrogen-bond donors (Lipinski definition) is 1. The maximum atomic E-state index is 8.42. The van der Waals surface area contributed by atoms with Gasteiger partial charge in [-0.05, 0) is 6.42 Å². The Balaban J connectivity index is -0.000000107. The van der Waals surface area contributed by atoms with Crippen LogP contribution in [0.25, 0.3) is 0 Å². The van der Waals surface area contributed by atoms with Crippen LogP contribution in [-0.4, -0.2) is 49.5 Å². The fourth-order valence-electron chi connectivity index (χ4n) is 0.892. The number of hydrogen-bond acceptors (Lipinski definition) is 1. The topological polar surface area (TPSA) is 20.2 Å².